The maximum Gasteiger partial charge on any atom is 0.224 e. The molecule has 1 amide bonds. The quantitative estimate of drug-likeness (QED) is 0.878. The van der Waals surface area contributed by atoms with E-state index in [0.29, 0.717) is 19.1 Å². The topological polar surface area (TPSA) is 67.6 Å². The third kappa shape index (κ3) is 3.74. The molecule has 1 aromatic rings. The van der Waals surface area contributed by atoms with Crippen LogP contribution in [0.4, 0.5) is 5.69 Å². The first-order valence-electron chi connectivity index (χ1n) is 7.74. The van der Waals surface area contributed by atoms with Gasteiger partial charge in [-0.2, -0.15) is 0 Å². The van der Waals surface area contributed by atoms with Crippen molar-refractivity contribution in [2.75, 3.05) is 31.6 Å². The highest BCUT2D eigenvalue weighted by molar-refractivity contribution is 5.93. The second kappa shape index (κ2) is 6.45. The number of carbonyl (C=O) groups is 1. The Morgan fingerprint density at radius 2 is 2.10 bits per heavy atom. The summed E-state index contributed by atoms with van der Waals surface area (Å²) in [6.07, 6.45) is 3.52. The van der Waals surface area contributed by atoms with Crippen LogP contribution in [-0.4, -0.2) is 43.1 Å². The standard InChI is InChI=1S/C16H23N3O2/c17-13-5-7-19(8-6-13)9-10-21-14-2-3-15-12(11-14)1-4-16(20)18-15/h2-3,11,13H,1,4-10,17H2,(H,18,20). The fourth-order valence-electron chi connectivity index (χ4n) is 2.92. The highest BCUT2D eigenvalue weighted by Crippen LogP contribution is 2.26. The van der Waals surface area contributed by atoms with Gasteiger partial charge in [-0.3, -0.25) is 9.69 Å². The van der Waals surface area contributed by atoms with Crippen LogP contribution in [0.2, 0.25) is 0 Å². The molecule has 0 radical (unpaired) electrons. The lowest BCUT2D eigenvalue weighted by Gasteiger charge is -2.29. The molecule has 3 rings (SSSR count). The summed E-state index contributed by atoms with van der Waals surface area (Å²) in [5.74, 6) is 0.984. The maximum atomic E-state index is 11.3. The van der Waals surface area contributed by atoms with Gasteiger partial charge in [0.15, 0.2) is 0 Å². The minimum absolute atomic E-state index is 0.0967. The molecule has 0 bridgehead atoms. The van der Waals surface area contributed by atoms with Gasteiger partial charge in [0.25, 0.3) is 0 Å². The zero-order valence-corrected chi connectivity index (χ0v) is 12.3. The molecule has 1 fully saturated rings. The number of anilines is 1. The number of amides is 1. The van der Waals surface area contributed by atoms with Crippen LogP contribution in [0.15, 0.2) is 18.2 Å². The summed E-state index contributed by atoms with van der Waals surface area (Å²) < 4.78 is 5.84. The largest absolute Gasteiger partial charge is 0.492 e. The number of benzene rings is 1. The SMILES string of the molecule is NC1CCN(CCOc2ccc3c(c2)CCC(=O)N3)CC1. The van der Waals surface area contributed by atoms with E-state index in [1.807, 2.05) is 18.2 Å². The molecule has 1 saturated heterocycles. The van der Waals surface area contributed by atoms with Gasteiger partial charge in [-0.05, 0) is 56.1 Å². The van der Waals surface area contributed by atoms with Gasteiger partial charge in [-0.25, -0.2) is 0 Å². The first kappa shape index (κ1) is 14.4. The number of nitrogens with zero attached hydrogens (tertiary/aromatic N) is 1. The summed E-state index contributed by atoms with van der Waals surface area (Å²) in [7, 11) is 0. The van der Waals surface area contributed by atoms with Gasteiger partial charge in [-0.15, -0.1) is 0 Å². The van der Waals surface area contributed by atoms with E-state index in [-0.39, 0.29) is 5.91 Å². The van der Waals surface area contributed by atoms with Crippen LogP contribution in [-0.2, 0) is 11.2 Å². The summed E-state index contributed by atoms with van der Waals surface area (Å²) in [5, 5.41) is 2.88. The molecule has 3 N–H and O–H groups in total. The number of ether oxygens (including phenoxy) is 1. The summed E-state index contributed by atoms with van der Waals surface area (Å²) in [6.45, 7) is 3.78. The monoisotopic (exact) mass is 289 g/mol. The number of hydrogen-bond donors (Lipinski definition) is 2. The molecule has 0 spiro atoms. The molecule has 2 aliphatic heterocycles. The fourth-order valence-corrected chi connectivity index (χ4v) is 2.92. The summed E-state index contributed by atoms with van der Waals surface area (Å²) in [5.41, 5.74) is 7.99. The molecule has 0 saturated carbocycles. The lowest BCUT2D eigenvalue weighted by molar-refractivity contribution is -0.116. The molecule has 0 unspecified atom stereocenters. The van der Waals surface area contributed by atoms with Crippen molar-refractivity contribution < 1.29 is 9.53 Å². The van der Waals surface area contributed by atoms with Crippen molar-refractivity contribution in [3.8, 4) is 5.75 Å². The molecule has 2 heterocycles. The number of piperidine rings is 1. The molecule has 1 aromatic carbocycles. The zero-order chi connectivity index (χ0) is 14.7. The van der Waals surface area contributed by atoms with Crippen molar-refractivity contribution >= 4 is 11.6 Å². The van der Waals surface area contributed by atoms with E-state index in [4.69, 9.17) is 10.5 Å². The van der Waals surface area contributed by atoms with Crippen LogP contribution in [0.5, 0.6) is 5.75 Å². The highest BCUT2D eigenvalue weighted by Gasteiger charge is 2.17. The predicted octanol–water partition coefficient (Wildman–Crippen LogP) is 1.37. The highest BCUT2D eigenvalue weighted by atomic mass is 16.5. The van der Waals surface area contributed by atoms with Crippen LogP contribution in [0.3, 0.4) is 0 Å². The van der Waals surface area contributed by atoms with E-state index >= 15 is 0 Å². The lowest BCUT2D eigenvalue weighted by atomic mass is 10.0. The number of carbonyl (C=O) groups excluding carboxylic acids is 1. The van der Waals surface area contributed by atoms with E-state index in [1.165, 1.54) is 0 Å². The molecular formula is C16H23N3O2. The van der Waals surface area contributed by atoms with Gasteiger partial charge < -0.3 is 15.8 Å². The lowest BCUT2D eigenvalue weighted by Crippen LogP contribution is -2.41. The van der Waals surface area contributed by atoms with E-state index in [2.05, 4.69) is 10.2 Å². The van der Waals surface area contributed by atoms with Gasteiger partial charge in [0.2, 0.25) is 5.91 Å². The number of hydrogen-bond acceptors (Lipinski definition) is 4. The number of aryl methyl sites for hydroxylation is 1. The molecule has 2 aliphatic rings. The van der Waals surface area contributed by atoms with Crippen molar-refractivity contribution in [2.45, 2.75) is 31.7 Å². The minimum Gasteiger partial charge on any atom is -0.492 e. The second-order valence-corrected chi connectivity index (χ2v) is 5.89. The third-order valence-electron chi connectivity index (χ3n) is 4.28. The smallest absolute Gasteiger partial charge is 0.224 e. The number of fused-ring (bicyclic) bond motifs is 1. The average molecular weight is 289 g/mol. The van der Waals surface area contributed by atoms with E-state index in [9.17, 15) is 4.79 Å². The molecular weight excluding hydrogens is 266 g/mol. The van der Waals surface area contributed by atoms with Crippen molar-refractivity contribution in [1.82, 2.24) is 4.90 Å². The van der Waals surface area contributed by atoms with Crippen LogP contribution >= 0.6 is 0 Å². The maximum absolute atomic E-state index is 11.3. The first-order chi connectivity index (χ1) is 10.2. The average Bonchev–Trinajstić information content (AvgIpc) is 2.49. The Kier molecular flexibility index (Phi) is 4.41. The van der Waals surface area contributed by atoms with Gasteiger partial charge in [0.1, 0.15) is 12.4 Å². The van der Waals surface area contributed by atoms with Crippen molar-refractivity contribution in [2.24, 2.45) is 5.73 Å². The van der Waals surface area contributed by atoms with Gasteiger partial charge in [0, 0.05) is 24.7 Å². The van der Waals surface area contributed by atoms with Gasteiger partial charge in [-0.1, -0.05) is 0 Å². The van der Waals surface area contributed by atoms with Crippen LogP contribution in [0.25, 0.3) is 0 Å². The van der Waals surface area contributed by atoms with Crippen LogP contribution in [0.1, 0.15) is 24.8 Å². The Balaban J connectivity index is 1.48. The Morgan fingerprint density at radius 1 is 1.29 bits per heavy atom. The van der Waals surface area contributed by atoms with E-state index < -0.39 is 0 Å². The van der Waals surface area contributed by atoms with E-state index in [1.54, 1.807) is 0 Å². The van der Waals surface area contributed by atoms with Crippen molar-refractivity contribution in [1.29, 1.82) is 0 Å². The minimum atomic E-state index is 0.0967. The molecule has 114 valence electrons. The molecule has 5 heteroatoms. The molecule has 0 aliphatic carbocycles. The molecule has 0 aromatic heterocycles. The fraction of sp³-hybridized carbons (Fsp3) is 0.562. The molecule has 0 atom stereocenters. The summed E-state index contributed by atoms with van der Waals surface area (Å²) in [6, 6.07) is 6.28. The predicted molar refractivity (Wildman–Crippen MR) is 82.5 cm³/mol. The Hall–Kier alpha value is -1.59. The summed E-state index contributed by atoms with van der Waals surface area (Å²) in [4.78, 5) is 13.7. The first-order valence-corrected chi connectivity index (χ1v) is 7.74. The Bertz CT molecular complexity index is 510. The van der Waals surface area contributed by atoms with Crippen LogP contribution in [0, 0.1) is 0 Å². The number of nitrogens with two attached hydrogens (primary N) is 1. The third-order valence-corrected chi connectivity index (χ3v) is 4.28. The second-order valence-electron chi connectivity index (χ2n) is 5.89. The van der Waals surface area contributed by atoms with E-state index in [0.717, 1.165) is 55.9 Å². The molecule has 21 heavy (non-hydrogen) atoms. The van der Waals surface area contributed by atoms with Crippen molar-refractivity contribution in [3.63, 3.8) is 0 Å². The van der Waals surface area contributed by atoms with Crippen LogP contribution < -0.4 is 15.8 Å². The van der Waals surface area contributed by atoms with Gasteiger partial charge in [0.05, 0.1) is 0 Å². The Labute approximate surface area is 125 Å². The zero-order valence-electron chi connectivity index (χ0n) is 12.3. The van der Waals surface area contributed by atoms with Crippen molar-refractivity contribution in [3.05, 3.63) is 23.8 Å². The summed E-state index contributed by atoms with van der Waals surface area (Å²) >= 11 is 0. The normalized spacial score (nSPS) is 20.0. The number of rotatable bonds is 4. The molecule has 5 nitrogen and oxygen atoms in total. The number of nitrogens with one attached hydrogen (secondary N) is 1. The number of likely N-dealkylation sites (tertiary alicyclic amines) is 1. The van der Waals surface area contributed by atoms with Gasteiger partial charge >= 0.3 is 0 Å². The Morgan fingerprint density at radius 3 is 2.90 bits per heavy atom.